The number of methoxy groups -OCH3 is 1. The third-order valence-electron chi connectivity index (χ3n) is 3.10. The highest BCUT2D eigenvalue weighted by Gasteiger charge is 2.35. The number of carbonyl (C=O) groups is 3. The van der Waals surface area contributed by atoms with Crippen LogP contribution in [0.25, 0.3) is 6.08 Å². The van der Waals surface area contributed by atoms with Crippen LogP contribution in [0.3, 0.4) is 0 Å². The predicted octanol–water partition coefficient (Wildman–Crippen LogP) is 2.46. The molecule has 0 atom stereocenters. The number of halogens is 2. The Labute approximate surface area is 148 Å². The molecule has 7 nitrogen and oxygen atoms in total. The molecule has 1 aromatic rings. The van der Waals surface area contributed by atoms with E-state index in [4.69, 9.17) is 27.9 Å². The zero-order valence-electron chi connectivity index (χ0n) is 12.9. The van der Waals surface area contributed by atoms with E-state index < -0.39 is 24.5 Å². The summed E-state index contributed by atoms with van der Waals surface area (Å²) in [6, 6.07) is 2.39. The fraction of sp³-hybridized carbons (Fsp3) is 0.267. The average Bonchev–Trinajstić information content (AvgIpc) is 2.78. The zero-order chi connectivity index (χ0) is 17.9. The number of hydrogen-bond acceptors (Lipinski definition) is 5. The summed E-state index contributed by atoms with van der Waals surface area (Å²) in [5.74, 6) is -1.00. The van der Waals surface area contributed by atoms with Crippen molar-refractivity contribution in [2.24, 2.45) is 0 Å². The Balaban J connectivity index is 2.27. The molecule has 0 bridgehead atoms. The second-order valence-corrected chi connectivity index (χ2v) is 5.52. The molecule has 0 spiro atoms. The highest BCUT2D eigenvalue weighted by atomic mass is 35.5. The first-order valence-electron chi connectivity index (χ1n) is 6.90. The molecule has 1 fully saturated rings. The number of nitrogens with one attached hydrogen (secondary N) is 1. The number of carbonyl (C=O) groups excluding carboxylic acids is 3. The maximum atomic E-state index is 12.2. The number of rotatable bonds is 5. The summed E-state index contributed by atoms with van der Waals surface area (Å²) in [5, 5.41) is 2.94. The number of benzene rings is 1. The number of urea groups is 1. The van der Waals surface area contributed by atoms with Crippen molar-refractivity contribution < 1.29 is 23.9 Å². The fourth-order valence-electron chi connectivity index (χ4n) is 2.02. The van der Waals surface area contributed by atoms with Crippen molar-refractivity contribution in [2.45, 2.75) is 6.92 Å². The predicted molar refractivity (Wildman–Crippen MR) is 87.9 cm³/mol. The van der Waals surface area contributed by atoms with Gasteiger partial charge >= 0.3 is 12.0 Å². The maximum absolute atomic E-state index is 12.2. The molecule has 24 heavy (non-hydrogen) atoms. The van der Waals surface area contributed by atoms with Gasteiger partial charge in [0.15, 0.2) is 5.75 Å². The van der Waals surface area contributed by atoms with Gasteiger partial charge < -0.3 is 14.8 Å². The molecule has 0 unspecified atom stereocenters. The van der Waals surface area contributed by atoms with Gasteiger partial charge in [0.1, 0.15) is 12.2 Å². The normalized spacial score (nSPS) is 15.7. The van der Waals surface area contributed by atoms with Crippen LogP contribution < -0.4 is 10.1 Å². The third-order valence-corrected chi connectivity index (χ3v) is 3.66. The second kappa shape index (κ2) is 7.55. The van der Waals surface area contributed by atoms with Gasteiger partial charge in [0.2, 0.25) is 0 Å². The molecule has 0 aromatic heterocycles. The average molecular weight is 373 g/mol. The van der Waals surface area contributed by atoms with E-state index in [0.717, 1.165) is 4.90 Å². The topological polar surface area (TPSA) is 84.9 Å². The number of imide groups is 1. The Bertz CT molecular complexity index is 710. The monoisotopic (exact) mass is 372 g/mol. The van der Waals surface area contributed by atoms with Gasteiger partial charge in [0.25, 0.3) is 5.91 Å². The largest absolute Gasteiger partial charge is 0.491 e. The number of ether oxygens (including phenoxy) is 2. The second-order valence-electron chi connectivity index (χ2n) is 4.70. The molecular formula is C15H14Cl2N2O5. The number of amides is 3. The van der Waals surface area contributed by atoms with Crippen LogP contribution in [0.15, 0.2) is 17.8 Å². The fourth-order valence-corrected chi connectivity index (χ4v) is 2.63. The SMILES string of the molecule is CCOc1c(Cl)cc(/C=C2/NC(=O)N(CC(=O)OC)C2=O)cc1Cl. The first kappa shape index (κ1) is 18.1. The molecule has 0 saturated carbocycles. The lowest BCUT2D eigenvalue weighted by atomic mass is 10.1. The summed E-state index contributed by atoms with van der Waals surface area (Å²) in [5.41, 5.74) is 0.497. The standard InChI is InChI=1S/C15H14Cl2N2O5/c1-3-24-13-9(16)4-8(5-10(13)17)6-11-14(21)19(15(22)18-11)7-12(20)23-2/h4-6H,3,7H2,1-2H3,(H,18,22)/b11-6+. The van der Waals surface area contributed by atoms with Crippen molar-refractivity contribution in [3.05, 3.63) is 33.4 Å². The number of nitrogens with zero attached hydrogens (tertiary/aromatic N) is 1. The summed E-state index contributed by atoms with van der Waals surface area (Å²) in [6.45, 7) is 1.73. The first-order valence-corrected chi connectivity index (χ1v) is 7.66. The van der Waals surface area contributed by atoms with Crippen LogP contribution in [0.2, 0.25) is 10.0 Å². The minimum absolute atomic E-state index is 0.000182. The molecule has 3 amide bonds. The summed E-state index contributed by atoms with van der Waals surface area (Å²) >= 11 is 12.2. The van der Waals surface area contributed by atoms with Gasteiger partial charge in [-0.05, 0) is 30.7 Å². The smallest absolute Gasteiger partial charge is 0.329 e. The van der Waals surface area contributed by atoms with Crippen molar-refractivity contribution in [2.75, 3.05) is 20.3 Å². The Morgan fingerprint density at radius 1 is 1.29 bits per heavy atom. The lowest BCUT2D eigenvalue weighted by Gasteiger charge is -2.09. The quantitative estimate of drug-likeness (QED) is 0.487. The van der Waals surface area contributed by atoms with Gasteiger partial charge in [-0.25, -0.2) is 9.69 Å². The molecule has 2 rings (SSSR count). The Morgan fingerprint density at radius 3 is 2.46 bits per heavy atom. The molecule has 1 aliphatic heterocycles. The molecule has 1 aromatic carbocycles. The van der Waals surface area contributed by atoms with Crippen LogP contribution >= 0.6 is 23.2 Å². The molecule has 0 aliphatic carbocycles. The van der Waals surface area contributed by atoms with E-state index >= 15 is 0 Å². The molecule has 9 heteroatoms. The van der Waals surface area contributed by atoms with Crippen molar-refractivity contribution in [3.8, 4) is 5.75 Å². The summed E-state index contributed by atoms with van der Waals surface area (Å²) in [6.07, 6.45) is 1.41. The Morgan fingerprint density at radius 2 is 1.92 bits per heavy atom. The van der Waals surface area contributed by atoms with E-state index in [1.54, 1.807) is 19.1 Å². The minimum atomic E-state index is -0.709. The summed E-state index contributed by atoms with van der Waals surface area (Å²) in [7, 11) is 1.17. The van der Waals surface area contributed by atoms with Gasteiger partial charge in [-0.15, -0.1) is 0 Å². The highest BCUT2D eigenvalue weighted by Crippen LogP contribution is 2.35. The molecule has 1 heterocycles. The number of hydrogen-bond donors (Lipinski definition) is 1. The summed E-state index contributed by atoms with van der Waals surface area (Å²) in [4.78, 5) is 36.0. The molecule has 1 saturated heterocycles. The van der Waals surface area contributed by atoms with Crippen molar-refractivity contribution >= 4 is 47.2 Å². The minimum Gasteiger partial charge on any atom is -0.491 e. The van der Waals surface area contributed by atoms with E-state index in [1.807, 2.05) is 0 Å². The zero-order valence-corrected chi connectivity index (χ0v) is 14.4. The van der Waals surface area contributed by atoms with Gasteiger partial charge in [-0.1, -0.05) is 23.2 Å². The third kappa shape index (κ3) is 3.80. The number of esters is 1. The van der Waals surface area contributed by atoms with Crippen LogP contribution in [0.4, 0.5) is 4.79 Å². The van der Waals surface area contributed by atoms with E-state index in [9.17, 15) is 14.4 Å². The van der Waals surface area contributed by atoms with Gasteiger partial charge in [0.05, 0.1) is 23.8 Å². The van der Waals surface area contributed by atoms with Crippen LogP contribution in [0.5, 0.6) is 5.75 Å². The molecule has 128 valence electrons. The molecule has 1 N–H and O–H groups in total. The van der Waals surface area contributed by atoms with Crippen molar-refractivity contribution in [1.29, 1.82) is 0 Å². The molecular weight excluding hydrogens is 359 g/mol. The lowest BCUT2D eigenvalue weighted by molar-refractivity contribution is -0.143. The van der Waals surface area contributed by atoms with Crippen LogP contribution in [-0.4, -0.2) is 43.1 Å². The Hall–Kier alpha value is -2.25. The lowest BCUT2D eigenvalue weighted by Crippen LogP contribution is -2.36. The molecule has 0 radical (unpaired) electrons. The Kier molecular flexibility index (Phi) is 5.69. The first-order chi connectivity index (χ1) is 11.4. The molecule has 1 aliphatic rings. The van der Waals surface area contributed by atoms with E-state index in [1.165, 1.54) is 13.2 Å². The summed E-state index contributed by atoms with van der Waals surface area (Å²) < 4.78 is 9.77. The van der Waals surface area contributed by atoms with Crippen LogP contribution in [-0.2, 0) is 14.3 Å². The van der Waals surface area contributed by atoms with Gasteiger partial charge in [-0.2, -0.15) is 0 Å². The van der Waals surface area contributed by atoms with Crippen molar-refractivity contribution in [3.63, 3.8) is 0 Å². The maximum Gasteiger partial charge on any atom is 0.329 e. The van der Waals surface area contributed by atoms with Crippen molar-refractivity contribution in [1.82, 2.24) is 10.2 Å². The van der Waals surface area contributed by atoms with Gasteiger partial charge in [-0.3, -0.25) is 9.59 Å². The van der Waals surface area contributed by atoms with E-state index in [-0.39, 0.29) is 15.7 Å². The van der Waals surface area contributed by atoms with E-state index in [2.05, 4.69) is 10.1 Å². The van der Waals surface area contributed by atoms with Crippen LogP contribution in [0.1, 0.15) is 12.5 Å². The highest BCUT2D eigenvalue weighted by molar-refractivity contribution is 6.37. The van der Waals surface area contributed by atoms with Crippen LogP contribution in [0, 0.1) is 0 Å². The van der Waals surface area contributed by atoms with E-state index in [0.29, 0.717) is 17.9 Å². The van der Waals surface area contributed by atoms with Gasteiger partial charge in [0, 0.05) is 0 Å².